The molecule has 1 saturated heterocycles. The van der Waals surface area contributed by atoms with Crippen molar-refractivity contribution >= 4 is 43.1 Å². The van der Waals surface area contributed by atoms with Crippen LogP contribution in [0.2, 0.25) is 0 Å². The van der Waals surface area contributed by atoms with Crippen LogP contribution in [0.3, 0.4) is 0 Å². The van der Waals surface area contributed by atoms with Crippen LogP contribution in [0.25, 0.3) is 11.2 Å². The number of nitrogens with one attached hydrogen (secondary N) is 1. The van der Waals surface area contributed by atoms with Crippen molar-refractivity contribution in [2.45, 2.75) is 24.9 Å². The van der Waals surface area contributed by atoms with Crippen LogP contribution in [0.1, 0.15) is 23.0 Å². The third kappa shape index (κ3) is 5.74. The lowest BCUT2D eigenvalue weighted by Crippen LogP contribution is -2.31. The number of fused-ring (bicyclic) bond motifs is 1. The normalized spacial score (nSPS) is 21.1. The smallest absolute Gasteiger partial charge is 0.264 e. The maximum absolute atomic E-state index is 12.5. The Morgan fingerprint density at radius 3 is 2.53 bits per heavy atom. The first-order valence-corrected chi connectivity index (χ1v) is 13.6. The van der Waals surface area contributed by atoms with Crippen LogP contribution in [-0.2, 0) is 33.3 Å². The molecule has 1 aliphatic rings. The average molecular weight is 512 g/mol. The predicted octanol–water partition coefficient (Wildman–Crippen LogP) is 0.687. The monoisotopic (exact) mass is 511 g/mol. The Labute approximate surface area is 195 Å². The second-order valence-corrected chi connectivity index (χ2v) is 10.8. The summed E-state index contributed by atoms with van der Waals surface area (Å²) in [6.45, 7) is -0.435. The minimum absolute atomic E-state index is 0.0476. The highest BCUT2D eigenvalue weighted by molar-refractivity contribution is 7.86. The second-order valence-electron chi connectivity index (χ2n) is 7.56. The van der Waals surface area contributed by atoms with Crippen LogP contribution in [0.15, 0.2) is 43.0 Å². The SMILES string of the molecule is CS(=O)(=O)OCC1OC(n2cnc3c(NC(=O)c4ccccc4)ncnc32)CC1OS(C)(=O)=O. The zero-order valence-electron chi connectivity index (χ0n) is 18.1. The van der Waals surface area contributed by atoms with Crippen molar-refractivity contribution in [2.75, 3.05) is 24.4 Å². The summed E-state index contributed by atoms with van der Waals surface area (Å²) in [5, 5.41) is 2.69. The number of imidazole rings is 1. The van der Waals surface area contributed by atoms with E-state index >= 15 is 0 Å². The fourth-order valence-electron chi connectivity index (χ4n) is 3.46. The molecule has 0 aliphatic carbocycles. The van der Waals surface area contributed by atoms with E-state index in [2.05, 4.69) is 20.3 Å². The van der Waals surface area contributed by atoms with Gasteiger partial charge in [-0.2, -0.15) is 16.8 Å². The van der Waals surface area contributed by atoms with E-state index in [1.54, 1.807) is 30.3 Å². The highest BCUT2D eigenvalue weighted by atomic mass is 32.2. The van der Waals surface area contributed by atoms with Gasteiger partial charge in [-0.05, 0) is 12.1 Å². The van der Waals surface area contributed by atoms with Gasteiger partial charge in [-0.15, -0.1) is 0 Å². The lowest BCUT2D eigenvalue weighted by molar-refractivity contribution is -0.0321. The molecule has 0 bridgehead atoms. The number of anilines is 1. The van der Waals surface area contributed by atoms with E-state index in [0.717, 1.165) is 12.5 Å². The van der Waals surface area contributed by atoms with Crippen molar-refractivity contribution in [1.82, 2.24) is 19.5 Å². The van der Waals surface area contributed by atoms with Gasteiger partial charge in [0.2, 0.25) is 0 Å². The number of nitrogens with zero attached hydrogens (tertiary/aromatic N) is 4. The van der Waals surface area contributed by atoms with E-state index in [-0.39, 0.29) is 23.7 Å². The van der Waals surface area contributed by atoms with E-state index in [9.17, 15) is 21.6 Å². The lowest BCUT2D eigenvalue weighted by atomic mass is 10.2. The van der Waals surface area contributed by atoms with Crippen molar-refractivity contribution in [3.8, 4) is 0 Å². The summed E-state index contributed by atoms with van der Waals surface area (Å²) in [4.78, 5) is 25.1. The van der Waals surface area contributed by atoms with E-state index in [1.807, 2.05) is 0 Å². The zero-order chi connectivity index (χ0) is 24.5. The van der Waals surface area contributed by atoms with Crippen LogP contribution in [-0.4, -0.2) is 73.6 Å². The Morgan fingerprint density at radius 2 is 1.85 bits per heavy atom. The first-order chi connectivity index (χ1) is 16.0. The summed E-state index contributed by atoms with van der Waals surface area (Å²) in [7, 11) is -7.65. The van der Waals surface area contributed by atoms with Crippen LogP contribution in [0.4, 0.5) is 5.82 Å². The zero-order valence-corrected chi connectivity index (χ0v) is 19.7. The van der Waals surface area contributed by atoms with Gasteiger partial charge in [0.25, 0.3) is 26.1 Å². The summed E-state index contributed by atoms with van der Waals surface area (Å²) < 4.78 is 63.4. The van der Waals surface area contributed by atoms with Crippen molar-refractivity contribution in [1.29, 1.82) is 0 Å². The van der Waals surface area contributed by atoms with Gasteiger partial charge < -0.3 is 10.1 Å². The van der Waals surface area contributed by atoms with Crippen molar-refractivity contribution in [2.24, 2.45) is 0 Å². The standard InChI is InChI=1S/C19H21N5O8S2/c1-33(26,27)30-9-14-13(32-34(2,28)29)8-15(31-14)24-11-22-16-17(20-10-21-18(16)24)23-19(25)12-6-4-3-5-7-12/h3-7,10-11,13-15H,8-9H2,1-2H3,(H,20,21,23,25). The molecule has 0 saturated carbocycles. The number of hydrogen-bond acceptors (Lipinski definition) is 11. The minimum atomic E-state index is -3.86. The molecule has 182 valence electrons. The molecule has 3 aromatic rings. The fraction of sp³-hybridized carbons (Fsp3) is 0.368. The van der Waals surface area contributed by atoms with E-state index < -0.39 is 45.3 Å². The molecule has 3 heterocycles. The largest absolute Gasteiger partial charge is 0.349 e. The average Bonchev–Trinajstić information content (AvgIpc) is 3.35. The van der Waals surface area contributed by atoms with E-state index in [0.29, 0.717) is 11.2 Å². The van der Waals surface area contributed by atoms with Crippen molar-refractivity contribution in [3.05, 3.63) is 48.5 Å². The summed E-state index contributed by atoms with van der Waals surface area (Å²) in [5.41, 5.74) is 1.03. The van der Waals surface area contributed by atoms with Crippen LogP contribution in [0.5, 0.6) is 0 Å². The number of amides is 1. The van der Waals surface area contributed by atoms with Crippen molar-refractivity contribution < 1.29 is 34.7 Å². The summed E-state index contributed by atoms with van der Waals surface area (Å²) in [6.07, 6.45) is 1.66. The molecule has 2 aromatic heterocycles. The molecule has 13 nitrogen and oxygen atoms in total. The highest BCUT2D eigenvalue weighted by Gasteiger charge is 2.40. The Bertz CT molecular complexity index is 1410. The van der Waals surface area contributed by atoms with Gasteiger partial charge in [0, 0.05) is 12.0 Å². The summed E-state index contributed by atoms with van der Waals surface area (Å²) in [5.74, 6) is -0.205. The molecule has 1 N–H and O–H groups in total. The number of hydrogen-bond donors (Lipinski definition) is 1. The number of rotatable bonds is 8. The summed E-state index contributed by atoms with van der Waals surface area (Å²) in [6, 6.07) is 8.56. The molecule has 15 heteroatoms. The first kappa shape index (κ1) is 24.2. The topological polar surface area (TPSA) is 169 Å². The fourth-order valence-corrected chi connectivity index (χ4v) is 4.49. The molecular formula is C19H21N5O8S2. The number of benzene rings is 1. The molecular weight excluding hydrogens is 490 g/mol. The molecule has 1 aromatic carbocycles. The number of carbonyl (C=O) groups excluding carboxylic acids is 1. The second kappa shape index (κ2) is 9.34. The van der Waals surface area contributed by atoms with Crippen LogP contribution in [0, 0.1) is 0 Å². The minimum Gasteiger partial charge on any atom is -0.349 e. The van der Waals surface area contributed by atoms with Gasteiger partial charge in [0.15, 0.2) is 17.0 Å². The van der Waals surface area contributed by atoms with E-state index in [1.165, 1.54) is 17.2 Å². The molecule has 3 unspecified atom stereocenters. The Kier molecular flexibility index (Phi) is 6.64. The quantitative estimate of drug-likeness (QED) is 0.422. The maximum Gasteiger partial charge on any atom is 0.264 e. The lowest BCUT2D eigenvalue weighted by Gasteiger charge is -2.17. The highest BCUT2D eigenvalue weighted by Crippen LogP contribution is 2.34. The molecule has 4 rings (SSSR count). The molecule has 0 spiro atoms. The maximum atomic E-state index is 12.5. The predicted molar refractivity (Wildman–Crippen MR) is 119 cm³/mol. The van der Waals surface area contributed by atoms with Gasteiger partial charge in [-0.3, -0.25) is 17.7 Å². The number of aromatic nitrogens is 4. The Morgan fingerprint density at radius 1 is 1.12 bits per heavy atom. The van der Waals surface area contributed by atoms with Gasteiger partial charge >= 0.3 is 0 Å². The first-order valence-electron chi connectivity index (χ1n) is 9.92. The van der Waals surface area contributed by atoms with E-state index in [4.69, 9.17) is 13.1 Å². The number of ether oxygens (including phenoxy) is 1. The molecule has 1 amide bonds. The molecule has 1 fully saturated rings. The third-order valence-electron chi connectivity index (χ3n) is 4.86. The molecule has 0 radical (unpaired) electrons. The molecule has 1 aliphatic heterocycles. The van der Waals surface area contributed by atoms with Crippen LogP contribution < -0.4 is 5.32 Å². The van der Waals surface area contributed by atoms with Gasteiger partial charge in [-0.25, -0.2) is 15.0 Å². The van der Waals surface area contributed by atoms with Gasteiger partial charge in [0.1, 0.15) is 24.8 Å². The number of carbonyl (C=O) groups is 1. The van der Waals surface area contributed by atoms with Gasteiger partial charge in [0.05, 0.1) is 25.4 Å². The van der Waals surface area contributed by atoms with Gasteiger partial charge in [-0.1, -0.05) is 18.2 Å². The third-order valence-corrected chi connectivity index (χ3v) is 6.02. The molecule has 3 atom stereocenters. The van der Waals surface area contributed by atoms with Crippen molar-refractivity contribution in [3.63, 3.8) is 0 Å². The van der Waals surface area contributed by atoms with Crippen LogP contribution >= 0.6 is 0 Å². The Hall–Kier alpha value is -2.98. The Balaban J connectivity index is 1.59. The summed E-state index contributed by atoms with van der Waals surface area (Å²) >= 11 is 0. The molecule has 34 heavy (non-hydrogen) atoms.